The lowest BCUT2D eigenvalue weighted by molar-refractivity contribution is -0.385. The molecule has 0 aliphatic heterocycles. The standard InChI is InChI=1S/C12H13NO6/c1-7-4-5-10(13(16)17)6-11(7)12(18-8(2)14)19-9(3)15/h4-6,12H,1-3H3. The summed E-state index contributed by atoms with van der Waals surface area (Å²) in [4.78, 5) is 32.1. The predicted molar refractivity (Wildman–Crippen MR) is 64.1 cm³/mol. The summed E-state index contributed by atoms with van der Waals surface area (Å²) < 4.78 is 9.72. The van der Waals surface area contributed by atoms with Crippen LogP contribution in [0.3, 0.4) is 0 Å². The van der Waals surface area contributed by atoms with E-state index >= 15 is 0 Å². The van der Waals surface area contributed by atoms with Gasteiger partial charge in [-0.3, -0.25) is 19.7 Å². The Morgan fingerprint density at radius 3 is 2.16 bits per heavy atom. The molecule has 1 aromatic rings. The van der Waals surface area contributed by atoms with E-state index in [0.29, 0.717) is 5.56 Å². The number of ether oxygens (including phenoxy) is 2. The second kappa shape index (κ2) is 5.94. The van der Waals surface area contributed by atoms with Crippen molar-refractivity contribution in [3.05, 3.63) is 39.4 Å². The highest BCUT2D eigenvalue weighted by atomic mass is 16.7. The average Bonchev–Trinajstić information content (AvgIpc) is 2.27. The van der Waals surface area contributed by atoms with Gasteiger partial charge < -0.3 is 9.47 Å². The molecule has 0 aliphatic carbocycles. The number of rotatable bonds is 4. The van der Waals surface area contributed by atoms with E-state index in [-0.39, 0.29) is 11.3 Å². The van der Waals surface area contributed by atoms with Crippen LogP contribution >= 0.6 is 0 Å². The number of aryl methyl sites for hydroxylation is 1. The van der Waals surface area contributed by atoms with Crippen LogP contribution in [0.15, 0.2) is 18.2 Å². The van der Waals surface area contributed by atoms with E-state index in [1.807, 2.05) is 0 Å². The second-order valence-corrected chi connectivity index (χ2v) is 3.85. The maximum absolute atomic E-state index is 11.0. The number of nitro benzene ring substituents is 1. The first-order chi connectivity index (χ1) is 8.81. The molecule has 0 N–H and O–H groups in total. The van der Waals surface area contributed by atoms with Gasteiger partial charge in [-0.05, 0) is 12.5 Å². The molecule has 0 atom stereocenters. The molecular formula is C12H13NO6. The first kappa shape index (κ1) is 14.6. The zero-order valence-electron chi connectivity index (χ0n) is 10.7. The molecule has 1 aromatic carbocycles. The predicted octanol–water partition coefficient (Wildman–Crippen LogP) is 2.03. The fourth-order valence-electron chi connectivity index (χ4n) is 1.45. The third-order valence-corrected chi connectivity index (χ3v) is 2.27. The van der Waals surface area contributed by atoms with Crippen LogP contribution < -0.4 is 0 Å². The minimum Gasteiger partial charge on any atom is -0.421 e. The van der Waals surface area contributed by atoms with Crippen molar-refractivity contribution in [2.75, 3.05) is 0 Å². The molecule has 0 heterocycles. The Hall–Kier alpha value is -2.44. The van der Waals surface area contributed by atoms with E-state index < -0.39 is 23.2 Å². The van der Waals surface area contributed by atoms with Crippen LogP contribution in [0.5, 0.6) is 0 Å². The highest BCUT2D eigenvalue weighted by Crippen LogP contribution is 2.27. The fraction of sp³-hybridized carbons (Fsp3) is 0.333. The largest absolute Gasteiger partial charge is 0.421 e. The van der Waals surface area contributed by atoms with Gasteiger partial charge in [-0.2, -0.15) is 0 Å². The van der Waals surface area contributed by atoms with E-state index in [1.54, 1.807) is 6.92 Å². The zero-order valence-corrected chi connectivity index (χ0v) is 10.7. The van der Waals surface area contributed by atoms with Crippen molar-refractivity contribution in [2.24, 2.45) is 0 Å². The fourth-order valence-corrected chi connectivity index (χ4v) is 1.45. The van der Waals surface area contributed by atoms with Gasteiger partial charge in [0, 0.05) is 31.5 Å². The lowest BCUT2D eigenvalue weighted by atomic mass is 10.1. The third kappa shape index (κ3) is 4.06. The first-order valence-electron chi connectivity index (χ1n) is 5.40. The monoisotopic (exact) mass is 267 g/mol. The topological polar surface area (TPSA) is 95.7 Å². The zero-order chi connectivity index (χ0) is 14.6. The molecule has 7 heteroatoms. The van der Waals surface area contributed by atoms with Crippen molar-refractivity contribution in [3.8, 4) is 0 Å². The van der Waals surface area contributed by atoms with Gasteiger partial charge in [0.25, 0.3) is 12.0 Å². The van der Waals surface area contributed by atoms with Gasteiger partial charge in [0.1, 0.15) is 0 Å². The van der Waals surface area contributed by atoms with Gasteiger partial charge in [0.15, 0.2) is 0 Å². The number of esters is 2. The molecule has 7 nitrogen and oxygen atoms in total. The van der Waals surface area contributed by atoms with Gasteiger partial charge in [-0.15, -0.1) is 0 Å². The van der Waals surface area contributed by atoms with E-state index in [9.17, 15) is 19.7 Å². The number of nitro groups is 1. The molecule has 0 amide bonds. The number of benzene rings is 1. The molecule has 0 fully saturated rings. The van der Waals surface area contributed by atoms with Crippen molar-refractivity contribution in [1.29, 1.82) is 0 Å². The summed E-state index contributed by atoms with van der Waals surface area (Å²) in [6.07, 6.45) is -1.28. The highest BCUT2D eigenvalue weighted by molar-refractivity contribution is 5.68. The smallest absolute Gasteiger partial charge is 0.305 e. The first-order valence-corrected chi connectivity index (χ1v) is 5.40. The summed E-state index contributed by atoms with van der Waals surface area (Å²) in [5.74, 6) is -1.31. The number of carbonyl (C=O) groups excluding carboxylic acids is 2. The Kier molecular flexibility index (Phi) is 4.57. The Bertz CT molecular complexity index is 509. The Morgan fingerprint density at radius 2 is 1.74 bits per heavy atom. The van der Waals surface area contributed by atoms with Gasteiger partial charge in [0.05, 0.1) is 4.92 Å². The van der Waals surface area contributed by atoms with Gasteiger partial charge in [-0.1, -0.05) is 6.07 Å². The van der Waals surface area contributed by atoms with Gasteiger partial charge >= 0.3 is 11.9 Å². The molecule has 0 spiro atoms. The van der Waals surface area contributed by atoms with E-state index in [4.69, 9.17) is 9.47 Å². The van der Waals surface area contributed by atoms with Crippen LogP contribution in [0.1, 0.15) is 31.3 Å². The quantitative estimate of drug-likeness (QED) is 0.358. The van der Waals surface area contributed by atoms with Crippen LogP contribution in [0.2, 0.25) is 0 Å². The Morgan fingerprint density at radius 1 is 1.21 bits per heavy atom. The van der Waals surface area contributed by atoms with Crippen molar-refractivity contribution >= 4 is 17.6 Å². The normalized spacial score (nSPS) is 10.1. The maximum atomic E-state index is 11.0. The molecule has 102 valence electrons. The summed E-state index contributed by atoms with van der Waals surface area (Å²) in [7, 11) is 0. The van der Waals surface area contributed by atoms with Crippen LogP contribution in [-0.4, -0.2) is 16.9 Å². The number of nitrogens with zero attached hydrogens (tertiary/aromatic N) is 1. The number of hydrogen-bond acceptors (Lipinski definition) is 6. The average molecular weight is 267 g/mol. The summed E-state index contributed by atoms with van der Waals surface area (Å²) in [5.41, 5.74) is 0.697. The van der Waals surface area contributed by atoms with Crippen molar-refractivity contribution in [3.63, 3.8) is 0 Å². The molecule has 0 saturated carbocycles. The molecule has 0 saturated heterocycles. The van der Waals surface area contributed by atoms with Gasteiger partial charge in [-0.25, -0.2) is 0 Å². The van der Waals surface area contributed by atoms with Crippen LogP contribution in [0.25, 0.3) is 0 Å². The molecule has 0 bridgehead atoms. The Labute approximate surface area is 109 Å². The highest BCUT2D eigenvalue weighted by Gasteiger charge is 2.22. The molecule has 0 unspecified atom stereocenters. The van der Waals surface area contributed by atoms with Crippen LogP contribution in [0.4, 0.5) is 5.69 Å². The van der Waals surface area contributed by atoms with E-state index in [0.717, 1.165) is 13.8 Å². The minimum atomic E-state index is -1.28. The second-order valence-electron chi connectivity index (χ2n) is 3.85. The summed E-state index contributed by atoms with van der Waals surface area (Å²) in [6.45, 7) is 3.98. The van der Waals surface area contributed by atoms with Gasteiger partial charge in [0.2, 0.25) is 0 Å². The van der Waals surface area contributed by atoms with E-state index in [1.165, 1.54) is 18.2 Å². The molecule has 0 radical (unpaired) electrons. The van der Waals surface area contributed by atoms with Crippen molar-refractivity contribution < 1.29 is 24.0 Å². The summed E-state index contributed by atoms with van der Waals surface area (Å²) in [5, 5.41) is 10.7. The molecule has 0 aliphatic rings. The van der Waals surface area contributed by atoms with Crippen LogP contribution in [0, 0.1) is 17.0 Å². The molecule has 0 aromatic heterocycles. The Balaban J connectivity index is 3.19. The lowest BCUT2D eigenvalue weighted by Gasteiger charge is -2.18. The van der Waals surface area contributed by atoms with Crippen LogP contribution in [-0.2, 0) is 19.1 Å². The lowest BCUT2D eigenvalue weighted by Crippen LogP contribution is -2.16. The summed E-state index contributed by atoms with van der Waals surface area (Å²) >= 11 is 0. The molecule has 1 rings (SSSR count). The molecule has 19 heavy (non-hydrogen) atoms. The number of hydrogen-bond donors (Lipinski definition) is 0. The van der Waals surface area contributed by atoms with Crippen molar-refractivity contribution in [2.45, 2.75) is 27.1 Å². The SMILES string of the molecule is CC(=O)OC(OC(C)=O)c1cc([N+](=O)[O-])ccc1C. The van der Waals surface area contributed by atoms with E-state index in [2.05, 4.69) is 0 Å². The van der Waals surface area contributed by atoms with Crippen molar-refractivity contribution in [1.82, 2.24) is 0 Å². The third-order valence-electron chi connectivity index (χ3n) is 2.27. The minimum absolute atomic E-state index is 0.176. The molecular weight excluding hydrogens is 254 g/mol. The summed E-state index contributed by atoms with van der Waals surface area (Å²) in [6, 6.07) is 4.02. The number of non-ortho nitro benzene ring substituents is 1. The maximum Gasteiger partial charge on any atom is 0.305 e. The number of carbonyl (C=O) groups is 2.